The Morgan fingerprint density at radius 1 is 1.26 bits per heavy atom. The van der Waals surface area contributed by atoms with Crippen molar-refractivity contribution in [3.8, 4) is 11.8 Å². The van der Waals surface area contributed by atoms with Crippen molar-refractivity contribution in [1.82, 2.24) is 4.98 Å². The van der Waals surface area contributed by atoms with Gasteiger partial charge in [0.2, 0.25) is 0 Å². The maximum Gasteiger partial charge on any atom is 0.306 e. The molecule has 1 N–H and O–H groups in total. The van der Waals surface area contributed by atoms with Gasteiger partial charge in [-0.1, -0.05) is 23.2 Å². The molecule has 0 aliphatic heterocycles. The Kier molecular flexibility index (Phi) is 7.28. The van der Waals surface area contributed by atoms with Gasteiger partial charge in [-0.3, -0.25) is 9.59 Å². The topological polar surface area (TPSA) is 92.2 Å². The largest absolute Gasteiger partial charge is 0.488 e. The molecule has 27 heavy (non-hydrogen) atoms. The molecule has 0 atom stereocenters. The lowest BCUT2D eigenvalue weighted by atomic mass is 9.99. The third-order valence-corrected chi connectivity index (χ3v) is 4.53. The van der Waals surface area contributed by atoms with Crippen LogP contribution < -0.4 is 10.3 Å². The van der Waals surface area contributed by atoms with E-state index in [0.717, 1.165) is 5.56 Å². The number of hydrogen-bond acceptors (Lipinski definition) is 5. The van der Waals surface area contributed by atoms with Crippen LogP contribution in [0.2, 0.25) is 10.0 Å². The Hall–Kier alpha value is -2.49. The summed E-state index contributed by atoms with van der Waals surface area (Å²) in [6.45, 7) is 3.66. The van der Waals surface area contributed by atoms with Crippen molar-refractivity contribution >= 4 is 29.2 Å². The first-order chi connectivity index (χ1) is 12.8. The Morgan fingerprint density at radius 2 is 2.00 bits per heavy atom. The normalized spacial score (nSPS) is 10.3. The third kappa shape index (κ3) is 5.49. The minimum Gasteiger partial charge on any atom is -0.488 e. The van der Waals surface area contributed by atoms with Crippen LogP contribution in [-0.2, 0) is 16.0 Å². The molecule has 0 fully saturated rings. The van der Waals surface area contributed by atoms with Gasteiger partial charge in [0.1, 0.15) is 30.6 Å². The molecule has 0 unspecified atom stereocenters. The van der Waals surface area contributed by atoms with Gasteiger partial charge in [-0.05, 0) is 49.6 Å². The summed E-state index contributed by atoms with van der Waals surface area (Å²) in [4.78, 5) is 26.3. The highest BCUT2D eigenvalue weighted by Gasteiger charge is 2.14. The van der Waals surface area contributed by atoms with Crippen LogP contribution >= 0.6 is 23.2 Å². The van der Waals surface area contributed by atoms with Gasteiger partial charge in [0.25, 0.3) is 5.56 Å². The summed E-state index contributed by atoms with van der Waals surface area (Å²) in [6.07, 6.45) is 0.492. The maximum absolute atomic E-state index is 11.9. The van der Waals surface area contributed by atoms with Gasteiger partial charge < -0.3 is 14.5 Å². The van der Waals surface area contributed by atoms with Gasteiger partial charge in [-0.15, -0.1) is 0 Å². The number of aryl methyl sites for hydroxylation is 1. The fourth-order valence-electron chi connectivity index (χ4n) is 2.62. The smallest absolute Gasteiger partial charge is 0.306 e. The number of nitrogens with one attached hydrogen (secondary N) is 1. The molecule has 6 nitrogen and oxygen atoms in total. The van der Waals surface area contributed by atoms with Crippen LogP contribution in [0.4, 0.5) is 0 Å². The van der Waals surface area contributed by atoms with Crippen molar-refractivity contribution in [2.45, 2.75) is 26.7 Å². The lowest BCUT2D eigenvalue weighted by molar-refractivity contribution is -0.144. The van der Waals surface area contributed by atoms with Crippen molar-refractivity contribution in [3.05, 3.63) is 61.0 Å². The van der Waals surface area contributed by atoms with E-state index in [2.05, 4.69) is 4.98 Å². The van der Waals surface area contributed by atoms with Crippen molar-refractivity contribution < 1.29 is 14.3 Å². The molecule has 0 aliphatic rings. The number of halogens is 2. The number of pyridine rings is 1. The van der Waals surface area contributed by atoms with Crippen molar-refractivity contribution in [3.63, 3.8) is 0 Å². The molecule has 0 aliphatic carbocycles. The number of aromatic nitrogens is 1. The van der Waals surface area contributed by atoms with E-state index in [1.165, 1.54) is 0 Å². The number of ether oxygens (including phenoxy) is 2. The van der Waals surface area contributed by atoms with Gasteiger partial charge in [-0.25, -0.2) is 0 Å². The summed E-state index contributed by atoms with van der Waals surface area (Å²) in [7, 11) is 0. The number of nitrogens with zero attached hydrogens (tertiary/aromatic N) is 1. The zero-order valence-corrected chi connectivity index (χ0v) is 16.4. The quantitative estimate of drug-likeness (QED) is 0.556. The molecule has 8 heteroatoms. The second-order valence-corrected chi connectivity index (χ2v) is 6.66. The summed E-state index contributed by atoms with van der Waals surface area (Å²) in [5.74, 6) is 0.0601. The first-order valence-electron chi connectivity index (χ1n) is 8.19. The van der Waals surface area contributed by atoms with Crippen LogP contribution in [0.3, 0.4) is 0 Å². The van der Waals surface area contributed by atoms with Gasteiger partial charge in [-0.2, -0.15) is 5.26 Å². The number of carbonyl (C=O) groups excluding carboxylic acids is 1. The summed E-state index contributed by atoms with van der Waals surface area (Å²) in [5.41, 5.74) is 1.65. The molecule has 1 aromatic carbocycles. The van der Waals surface area contributed by atoms with Gasteiger partial charge in [0.05, 0.1) is 5.02 Å². The van der Waals surface area contributed by atoms with Crippen LogP contribution in [-0.4, -0.2) is 24.2 Å². The highest BCUT2D eigenvalue weighted by Crippen LogP contribution is 2.27. The molecule has 1 aromatic heterocycles. The second kappa shape index (κ2) is 9.45. The molecule has 0 saturated heterocycles. The molecule has 142 valence electrons. The second-order valence-electron chi connectivity index (χ2n) is 5.81. The number of carbonyl (C=O) groups is 1. The summed E-state index contributed by atoms with van der Waals surface area (Å²) in [6, 6.07) is 6.74. The Labute approximate surface area is 166 Å². The number of aromatic amines is 1. The van der Waals surface area contributed by atoms with E-state index in [4.69, 9.17) is 37.9 Å². The lowest BCUT2D eigenvalue weighted by Gasteiger charge is -2.11. The van der Waals surface area contributed by atoms with E-state index in [1.807, 2.05) is 6.07 Å². The molecule has 0 amide bonds. The highest BCUT2D eigenvalue weighted by atomic mass is 35.5. The average Bonchev–Trinajstić information content (AvgIpc) is 2.60. The van der Waals surface area contributed by atoms with Crippen LogP contribution in [0.1, 0.15) is 28.8 Å². The first kappa shape index (κ1) is 20.8. The monoisotopic (exact) mass is 408 g/mol. The van der Waals surface area contributed by atoms with Crippen LogP contribution in [0.25, 0.3) is 0 Å². The van der Waals surface area contributed by atoms with Crippen LogP contribution in [0.5, 0.6) is 5.75 Å². The van der Waals surface area contributed by atoms with Crippen molar-refractivity contribution in [2.75, 3.05) is 13.2 Å². The highest BCUT2D eigenvalue weighted by molar-refractivity contribution is 6.35. The van der Waals surface area contributed by atoms with E-state index >= 15 is 0 Å². The van der Waals surface area contributed by atoms with E-state index in [-0.39, 0.29) is 25.2 Å². The molecule has 2 aromatic rings. The summed E-state index contributed by atoms with van der Waals surface area (Å²) >= 11 is 11.8. The number of hydrogen-bond donors (Lipinski definition) is 1. The molecule has 1 heterocycles. The zero-order chi connectivity index (χ0) is 20.0. The van der Waals surface area contributed by atoms with Crippen LogP contribution in [0, 0.1) is 25.2 Å². The number of rotatable bonds is 7. The molecule has 0 radical (unpaired) electrons. The standard InChI is InChI=1S/C19H18Cl2N2O4/c1-11-14(12(2)23-19(25)15(11)10-22)4-6-18(24)27-8-7-26-17-5-3-13(20)9-16(17)21/h3,5,9H,4,6-8H2,1-2H3,(H,23,25). The SMILES string of the molecule is Cc1[nH]c(=O)c(C#N)c(C)c1CCC(=O)OCCOc1ccc(Cl)cc1Cl. The Bertz CT molecular complexity index is 948. The Balaban J connectivity index is 1.83. The minimum atomic E-state index is -0.420. The number of nitriles is 1. The lowest BCUT2D eigenvalue weighted by Crippen LogP contribution is -2.18. The van der Waals surface area contributed by atoms with Crippen molar-refractivity contribution in [1.29, 1.82) is 5.26 Å². The fraction of sp³-hybridized carbons (Fsp3) is 0.316. The van der Waals surface area contributed by atoms with Crippen molar-refractivity contribution in [2.24, 2.45) is 0 Å². The number of benzene rings is 1. The first-order valence-corrected chi connectivity index (χ1v) is 8.95. The Morgan fingerprint density at radius 3 is 2.67 bits per heavy atom. The maximum atomic E-state index is 11.9. The summed E-state index contributed by atoms with van der Waals surface area (Å²) in [5, 5.41) is 9.96. The average molecular weight is 409 g/mol. The predicted octanol–water partition coefficient (Wildman–Crippen LogP) is 3.73. The van der Waals surface area contributed by atoms with E-state index in [1.54, 1.807) is 32.0 Å². The third-order valence-electron chi connectivity index (χ3n) is 4.00. The molecule has 2 rings (SSSR count). The molecule has 0 bridgehead atoms. The number of H-pyrrole nitrogens is 1. The van der Waals surface area contributed by atoms with E-state index in [0.29, 0.717) is 33.5 Å². The van der Waals surface area contributed by atoms with Gasteiger partial charge in [0.15, 0.2) is 0 Å². The summed E-state index contributed by atoms with van der Waals surface area (Å²) < 4.78 is 10.6. The van der Waals surface area contributed by atoms with Gasteiger partial charge >= 0.3 is 5.97 Å². The molecular formula is C19H18Cl2N2O4. The van der Waals surface area contributed by atoms with Gasteiger partial charge in [0, 0.05) is 17.1 Å². The molecule has 0 spiro atoms. The predicted molar refractivity (Wildman–Crippen MR) is 102 cm³/mol. The fourth-order valence-corrected chi connectivity index (χ4v) is 3.08. The molecular weight excluding hydrogens is 391 g/mol. The molecule has 0 saturated carbocycles. The van der Waals surface area contributed by atoms with E-state index in [9.17, 15) is 9.59 Å². The van der Waals surface area contributed by atoms with Crippen LogP contribution in [0.15, 0.2) is 23.0 Å². The minimum absolute atomic E-state index is 0.0669. The zero-order valence-electron chi connectivity index (χ0n) is 14.9. The van der Waals surface area contributed by atoms with E-state index < -0.39 is 11.5 Å². The number of esters is 1.